The van der Waals surface area contributed by atoms with E-state index in [9.17, 15) is 0 Å². The minimum absolute atomic E-state index is 0.0833. The molecule has 1 N–H and O–H groups in total. The third-order valence-corrected chi connectivity index (χ3v) is 0.129. The van der Waals surface area contributed by atoms with Gasteiger partial charge in [-0.05, 0) is 0 Å². The van der Waals surface area contributed by atoms with Crippen molar-refractivity contribution in [1.82, 2.24) is 0 Å². The number of aliphatic hydroxyl groups is 1. The van der Waals surface area contributed by atoms with Gasteiger partial charge < -0.3 is 5.11 Å². The van der Waals surface area contributed by atoms with Crippen molar-refractivity contribution in [2.45, 2.75) is 0 Å². The van der Waals surface area contributed by atoms with E-state index < -0.39 is 15.8 Å². The molecule has 10 heavy (non-hydrogen) atoms. The van der Waals surface area contributed by atoms with Crippen molar-refractivity contribution in [3.63, 3.8) is 0 Å². The van der Waals surface area contributed by atoms with Gasteiger partial charge in [0.25, 0.3) is 0 Å². The van der Waals surface area contributed by atoms with E-state index in [1.54, 1.807) is 0 Å². The van der Waals surface area contributed by atoms with E-state index in [4.69, 9.17) is 20.5 Å². The van der Waals surface area contributed by atoms with Crippen LogP contribution in [0.15, 0.2) is 12.7 Å². The summed E-state index contributed by atoms with van der Waals surface area (Å²) in [6.45, 7) is 3.31. The summed E-state index contributed by atoms with van der Waals surface area (Å²) in [5.41, 5.74) is 0. The van der Waals surface area contributed by atoms with E-state index >= 15 is 0 Å². The summed E-state index contributed by atoms with van der Waals surface area (Å²) in [7, 11) is 0. The Morgan fingerprint density at radius 1 is 1.60 bits per heavy atom. The van der Waals surface area contributed by atoms with Gasteiger partial charge in [0, 0.05) is 0 Å². The quantitative estimate of drug-likeness (QED) is 0.498. The molecule has 0 rings (SSSR count). The molecule has 0 heterocycles. The first-order valence-corrected chi connectivity index (χ1v) is 4.14. The van der Waals surface area contributed by atoms with Crippen LogP contribution in [0.4, 0.5) is 0 Å². The summed E-state index contributed by atoms with van der Waals surface area (Å²) in [5, 5.41) is 7.76. The topological polar surface area (TPSA) is 100 Å². The van der Waals surface area contributed by atoms with Gasteiger partial charge in [0.2, 0.25) is 0 Å². The fourth-order valence-electron chi connectivity index (χ4n) is 0. The Hall–Kier alpha value is 0.389. The Kier molecular flexibility index (Phi) is 38.2. The van der Waals surface area contributed by atoms with Crippen molar-refractivity contribution in [3.8, 4) is 0 Å². The van der Waals surface area contributed by atoms with Gasteiger partial charge in [0.15, 0.2) is 0 Å². The molecule has 0 amide bonds. The Morgan fingerprint density at radius 2 is 1.70 bits per heavy atom. The maximum atomic E-state index is 8.56. The predicted octanol–water partition coefficient (Wildman–Crippen LogP) is -2.46. The molecule has 7 heteroatoms. The molecule has 5 nitrogen and oxygen atoms in total. The summed E-state index contributed by atoms with van der Waals surface area (Å²) >= 11 is -2.88. The molecule has 0 atom stereocenters. The molecule has 0 bridgehead atoms. The SMILES string of the molecule is C=CCO.[O]=[V+2].[O]=[V]([O-])[O-]. The number of aliphatic hydroxyl groups excluding tert-OH is 1. The second-order valence-corrected chi connectivity index (χ2v) is 1.39. The molecule has 0 aromatic heterocycles. The Balaban J connectivity index is -0.0000000787. The third kappa shape index (κ3) is 237. The molecule has 0 fully saturated rings. The van der Waals surface area contributed by atoms with E-state index in [2.05, 4.69) is 6.58 Å². The molecule has 0 radical (unpaired) electrons. The van der Waals surface area contributed by atoms with Gasteiger partial charge in [0.1, 0.15) is 0 Å². The van der Waals surface area contributed by atoms with E-state index in [-0.39, 0.29) is 6.61 Å². The third-order valence-electron chi connectivity index (χ3n) is 0.129. The Labute approximate surface area is 73.1 Å². The molecule has 0 aromatic carbocycles. The zero-order chi connectivity index (χ0) is 8.99. The fraction of sp³-hybridized carbons (Fsp3) is 0.333. The normalized spacial score (nSPS) is 5.70. The van der Waals surface area contributed by atoms with Gasteiger partial charge in [0.05, 0.1) is 6.61 Å². The van der Waals surface area contributed by atoms with Crippen LogP contribution in [0, 0.1) is 0 Å². The molecule has 0 aliphatic rings. The standard InChI is InChI=1S/C3H6O.4O.2V/c1-2-3-4;;;;;;/h2,4H,1,3H2;;;;;;/q;;;2*-1;;+2. The zero-order valence-corrected chi connectivity index (χ0v) is 7.76. The van der Waals surface area contributed by atoms with Gasteiger partial charge in [-0.3, -0.25) is 0 Å². The zero-order valence-electron chi connectivity index (χ0n) is 4.97. The van der Waals surface area contributed by atoms with Gasteiger partial charge in [-0.25, -0.2) is 0 Å². The number of rotatable bonds is 1. The van der Waals surface area contributed by atoms with Gasteiger partial charge in [-0.15, -0.1) is 6.58 Å². The maximum absolute atomic E-state index is 8.56. The van der Waals surface area contributed by atoms with Gasteiger partial charge in [-0.2, -0.15) is 0 Å². The van der Waals surface area contributed by atoms with E-state index in [0.29, 0.717) is 0 Å². The van der Waals surface area contributed by atoms with Gasteiger partial charge in [-0.1, -0.05) is 6.08 Å². The Morgan fingerprint density at radius 3 is 1.70 bits per heavy atom. The molecule has 0 aliphatic heterocycles. The first-order chi connectivity index (χ1) is 4.65. The number of hydrogen-bond donors (Lipinski definition) is 1. The first-order valence-electron chi connectivity index (χ1n) is 1.86. The number of hydrogen-bond acceptors (Lipinski definition) is 5. The molecule has 0 aliphatic carbocycles. The molecule has 0 unspecified atom stereocenters. The molecular weight excluding hydrogens is 218 g/mol. The minimum atomic E-state index is -3.94. The summed E-state index contributed by atoms with van der Waals surface area (Å²) < 4.78 is 33.9. The van der Waals surface area contributed by atoms with E-state index in [1.165, 1.54) is 6.08 Å². The molecule has 0 aromatic rings. The monoisotopic (exact) mass is 224 g/mol. The second kappa shape index (κ2) is 22.8. The van der Waals surface area contributed by atoms with Gasteiger partial charge >= 0.3 is 48.6 Å². The molecule has 0 spiro atoms. The van der Waals surface area contributed by atoms with Crippen LogP contribution in [-0.2, 0) is 40.5 Å². The van der Waals surface area contributed by atoms with Crippen molar-refractivity contribution in [1.29, 1.82) is 0 Å². The van der Waals surface area contributed by atoms with Crippen LogP contribution in [-0.4, -0.2) is 11.7 Å². The fourth-order valence-corrected chi connectivity index (χ4v) is 0. The molecule has 0 saturated heterocycles. The van der Waals surface area contributed by atoms with Crippen LogP contribution in [0.5, 0.6) is 0 Å². The molecule has 0 saturated carbocycles. The van der Waals surface area contributed by atoms with Crippen LogP contribution in [0.1, 0.15) is 0 Å². The average molecular weight is 224 g/mol. The summed E-state index contributed by atoms with van der Waals surface area (Å²) in [6, 6.07) is 0. The molecule has 58 valence electrons. The van der Waals surface area contributed by atoms with Crippen LogP contribution < -0.4 is 8.06 Å². The molecular formula is C3H6O5V2. The van der Waals surface area contributed by atoms with Crippen LogP contribution >= 0.6 is 0 Å². The summed E-state index contributed by atoms with van der Waals surface area (Å²) in [6.07, 6.45) is 1.43. The van der Waals surface area contributed by atoms with Crippen LogP contribution in [0.3, 0.4) is 0 Å². The summed E-state index contributed by atoms with van der Waals surface area (Å²) in [5.74, 6) is 0. The Bertz CT molecular complexity index is 81.0. The second-order valence-electron chi connectivity index (χ2n) is 0.695. The van der Waals surface area contributed by atoms with Crippen molar-refractivity contribution < 1.29 is 53.7 Å². The first kappa shape index (κ1) is 16.8. The van der Waals surface area contributed by atoms with Crippen molar-refractivity contribution in [3.05, 3.63) is 12.7 Å². The van der Waals surface area contributed by atoms with Crippen molar-refractivity contribution in [2.75, 3.05) is 6.61 Å². The van der Waals surface area contributed by atoms with E-state index in [0.717, 1.165) is 17.4 Å². The van der Waals surface area contributed by atoms with E-state index in [1.807, 2.05) is 0 Å². The van der Waals surface area contributed by atoms with Crippen LogP contribution in [0.25, 0.3) is 0 Å². The van der Waals surface area contributed by atoms with Crippen molar-refractivity contribution in [2.24, 2.45) is 0 Å². The van der Waals surface area contributed by atoms with Crippen LogP contribution in [0.2, 0.25) is 0 Å². The predicted molar refractivity (Wildman–Crippen MR) is 18.7 cm³/mol. The summed E-state index contributed by atoms with van der Waals surface area (Å²) in [4.78, 5) is 0. The average Bonchev–Trinajstić information content (AvgIpc) is 1.91. The van der Waals surface area contributed by atoms with Crippen molar-refractivity contribution >= 4 is 0 Å².